The summed E-state index contributed by atoms with van der Waals surface area (Å²) in [5.74, 6) is 1.37. The molecule has 0 radical (unpaired) electrons. The molecule has 0 aliphatic carbocycles. The lowest BCUT2D eigenvalue weighted by atomic mass is 10.3. The van der Waals surface area contributed by atoms with Gasteiger partial charge in [0.25, 0.3) is 5.91 Å². The van der Waals surface area contributed by atoms with Gasteiger partial charge in [-0.2, -0.15) is 0 Å². The molecule has 0 bridgehead atoms. The van der Waals surface area contributed by atoms with Crippen LogP contribution in [-0.4, -0.2) is 25.0 Å². The van der Waals surface area contributed by atoms with Crippen LogP contribution in [0.1, 0.15) is 29.7 Å². The average Bonchev–Trinajstić information content (AvgIpc) is 3.29. The van der Waals surface area contributed by atoms with Gasteiger partial charge in [0, 0.05) is 0 Å². The summed E-state index contributed by atoms with van der Waals surface area (Å²) >= 11 is 0. The van der Waals surface area contributed by atoms with E-state index in [0.717, 1.165) is 12.2 Å². The van der Waals surface area contributed by atoms with Gasteiger partial charge in [0.1, 0.15) is 29.6 Å². The molecular formula is C23H24N2O6. The predicted octanol–water partition coefficient (Wildman–Crippen LogP) is 3.49. The topological polar surface area (TPSA) is 99.0 Å². The highest BCUT2D eigenvalue weighted by atomic mass is 16.5. The second-order valence-electron chi connectivity index (χ2n) is 6.48. The Balaban J connectivity index is 1.38. The van der Waals surface area contributed by atoms with Crippen LogP contribution in [0.2, 0.25) is 0 Å². The molecule has 1 aromatic heterocycles. The number of hydrazine groups is 1. The molecule has 0 saturated heterocycles. The van der Waals surface area contributed by atoms with E-state index in [1.165, 1.54) is 6.07 Å². The lowest BCUT2D eigenvalue weighted by Crippen LogP contribution is -2.43. The Hall–Kier alpha value is -3.94. The highest BCUT2D eigenvalue weighted by Crippen LogP contribution is 2.17. The van der Waals surface area contributed by atoms with Crippen LogP contribution in [0.3, 0.4) is 0 Å². The fourth-order valence-electron chi connectivity index (χ4n) is 2.47. The number of para-hydroxylation sites is 1. The third-order valence-electron chi connectivity index (χ3n) is 3.99. The molecule has 3 rings (SSSR count). The summed E-state index contributed by atoms with van der Waals surface area (Å²) in [5.41, 5.74) is 4.56. The van der Waals surface area contributed by atoms with Gasteiger partial charge < -0.3 is 18.6 Å². The predicted molar refractivity (Wildman–Crippen MR) is 113 cm³/mol. The minimum atomic E-state index is -0.586. The number of carbonyl (C=O) groups excluding carboxylic acids is 2. The molecule has 0 fully saturated rings. The van der Waals surface area contributed by atoms with Crippen LogP contribution in [0.5, 0.6) is 17.2 Å². The van der Waals surface area contributed by atoms with Crippen molar-refractivity contribution < 1.29 is 28.2 Å². The number of nitrogens with one attached hydrogen (secondary N) is 2. The van der Waals surface area contributed by atoms with E-state index in [1.807, 2.05) is 37.3 Å². The molecule has 31 heavy (non-hydrogen) atoms. The second-order valence-corrected chi connectivity index (χ2v) is 6.48. The maximum absolute atomic E-state index is 12.1. The zero-order chi connectivity index (χ0) is 21.9. The van der Waals surface area contributed by atoms with Crippen molar-refractivity contribution in [3.63, 3.8) is 0 Å². The normalized spacial score (nSPS) is 10.2. The Kier molecular flexibility index (Phi) is 7.93. The number of amides is 2. The maximum atomic E-state index is 12.1. The van der Waals surface area contributed by atoms with Crippen LogP contribution in [-0.2, 0) is 11.4 Å². The summed E-state index contributed by atoms with van der Waals surface area (Å²) in [4.78, 5) is 24.0. The summed E-state index contributed by atoms with van der Waals surface area (Å²) in [5, 5.41) is 0. The molecule has 0 spiro atoms. The van der Waals surface area contributed by atoms with Gasteiger partial charge in [0.15, 0.2) is 12.4 Å². The van der Waals surface area contributed by atoms with Crippen LogP contribution in [0.25, 0.3) is 0 Å². The van der Waals surface area contributed by atoms with E-state index in [9.17, 15) is 9.59 Å². The van der Waals surface area contributed by atoms with E-state index < -0.39 is 11.8 Å². The SMILES string of the molecule is CCCOc1ccc(OCC(=O)NNC(=O)c2ccc(COc3ccccc3)o2)cc1. The summed E-state index contributed by atoms with van der Waals surface area (Å²) < 4.78 is 21.9. The van der Waals surface area contributed by atoms with Gasteiger partial charge in [-0.25, -0.2) is 0 Å². The van der Waals surface area contributed by atoms with Gasteiger partial charge in [0.2, 0.25) is 0 Å². The Bertz CT molecular complexity index is 969. The molecule has 0 saturated carbocycles. The molecule has 0 unspecified atom stereocenters. The van der Waals surface area contributed by atoms with Gasteiger partial charge in [-0.3, -0.25) is 20.4 Å². The fraction of sp³-hybridized carbons (Fsp3) is 0.217. The summed E-state index contributed by atoms with van der Waals surface area (Å²) in [6.45, 7) is 2.59. The summed E-state index contributed by atoms with van der Waals surface area (Å²) in [6.07, 6.45) is 0.922. The van der Waals surface area contributed by atoms with Crippen LogP contribution in [0.15, 0.2) is 71.1 Å². The monoisotopic (exact) mass is 424 g/mol. The smallest absolute Gasteiger partial charge is 0.305 e. The van der Waals surface area contributed by atoms with Crippen LogP contribution < -0.4 is 25.1 Å². The van der Waals surface area contributed by atoms with E-state index in [-0.39, 0.29) is 19.0 Å². The number of carbonyl (C=O) groups is 2. The molecule has 2 aromatic carbocycles. The van der Waals surface area contributed by atoms with Crippen molar-refractivity contribution in [3.8, 4) is 17.2 Å². The quantitative estimate of drug-likeness (QED) is 0.484. The standard InChI is InChI=1S/C23H24N2O6/c1-2-14-28-18-8-10-19(11-9-18)30-16-22(26)24-25-23(27)21-13-12-20(31-21)15-29-17-6-4-3-5-7-17/h3-13H,2,14-16H2,1H3,(H,24,26)(H,25,27). The Morgan fingerprint density at radius 1 is 0.806 bits per heavy atom. The lowest BCUT2D eigenvalue weighted by Gasteiger charge is -2.09. The zero-order valence-corrected chi connectivity index (χ0v) is 17.1. The van der Waals surface area contributed by atoms with Crippen molar-refractivity contribution in [1.29, 1.82) is 0 Å². The van der Waals surface area contributed by atoms with Crippen molar-refractivity contribution in [1.82, 2.24) is 10.9 Å². The molecule has 2 amide bonds. The number of furan rings is 1. The summed E-state index contributed by atoms with van der Waals surface area (Å²) in [6, 6.07) is 19.3. The van der Waals surface area contributed by atoms with Gasteiger partial charge >= 0.3 is 5.91 Å². The van der Waals surface area contributed by atoms with Crippen LogP contribution in [0.4, 0.5) is 0 Å². The Morgan fingerprint density at radius 3 is 2.19 bits per heavy atom. The number of benzene rings is 2. The molecule has 0 aliphatic rings. The molecule has 3 aromatic rings. The lowest BCUT2D eigenvalue weighted by molar-refractivity contribution is -0.123. The van der Waals surface area contributed by atoms with Gasteiger partial charge in [-0.05, 0) is 55.0 Å². The highest BCUT2D eigenvalue weighted by molar-refractivity contribution is 5.93. The Morgan fingerprint density at radius 2 is 1.48 bits per heavy atom. The summed E-state index contributed by atoms with van der Waals surface area (Å²) in [7, 11) is 0. The number of hydrogen-bond donors (Lipinski definition) is 2. The largest absolute Gasteiger partial charge is 0.494 e. The van der Waals surface area contributed by atoms with Crippen molar-refractivity contribution in [3.05, 3.63) is 78.3 Å². The molecule has 162 valence electrons. The zero-order valence-electron chi connectivity index (χ0n) is 17.1. The fourth-order valence-corrected chi connectivity index (χ4v) is 2.47. The van der Waals surface area contributed by atoms with E-state index in [4.69, 9.17) is 18.6 Å². The van der Waals surface area contributed by atoms with Gasteiger partial charge in [-0.15, -0.1) is 0 Å². The molecule has 0 atom stereocenters. The molecule has 2 N–H and O–H groups in total. The third-order valence-corrected chi connectivity index (χ3v) is 3.99. The van der Waals surface area contributed by atoms with Crippen molar-refractivity contribution >= 4 is 11.8 Å². The Labute approximate surface area is 180 Å². The number of rotatable bonds is 10. The molecular weight excluding hydrogens is 400 g/mol. The first kappa shape index (κ1) is 21.8. The maximum Gasteiger partial charge on any atom is 0.305 e. The minimum absolute atomic E-state index is 0.0514. The number of ether oxygens (including phenoxy) is 3. The van der Waals surface area contributed by atoms with E-state index in [1.54, 1.807) is 30.3 Å². The van der Waals surface area contributed by atoms with Crippen molar-refractivity contribution in [2.24, 2.45) is 0 Å². The first-order valence-electron chi connectivity index (χ1n) is 9.85. The van der Waals surface area contributed by atoms with E-state index in [2.05, 4.69) is 10.9 Å². The first-order chi connectivity index (χ1) is 15.1. The van der Waals surface area contributed by atoms with Crippen molar-refractivity contribution in [2.45, 2.75) is 20.0 Å². The van der Waals surface area contributed by atoms with E-state index >= 15 is 0 Å². The van der Waals surface area contributed by atoms with Crippen molar-refractivity contribution in [2.75, 3.05) is 13.2 Å². The molecule has 1 heterocycles. The minimum Gasteiger partial charge on any atom is -0.494 e. The van der Waals surface area contributed by atoms with E-state index in [0.29, 0.717) is 23.9 Å². The average molecular weight is 424 g/mol. The van der Waals surface area contributed by atoms with Gasteiger partial charge in [-0.1, -0.05) is 25.1 Å². The van der Waals surface area contributed by atoms with Crippen LogP contribution >= 0.6 is 0 Å². The second kappa shape index (κ2) is 11.3. The van der Waals surface area contributed by atoms with Crippen LogP contribution in [0, 0.1) is 0 Å². The van der Waals surface area contributed by atoms with Gasteiger partial charge in [0.05, 0.1) is 6.61 Å². The number of hydrogen-bond acceptors (Lipinski definition) is 6. The highest BCUT2D eigenvalue weighted by Gasteiger charge is 2.13. The molecule has 8 nitrogen and oxygen atoms in total. The third kappa shape index (κ3) is 7.11. The molecule has 8 heteroatoms. The molecule has 0 aliphatic heterocycles. The first-order valence-corrected chi connectivity index (χ1v) is 9.85.